The SMILES string of the molecule is CC(C)CC(CC(=O)CNC(=O)c1cc(Cl)ccc1Cl)[B-]12OC(=O)CC(C(=O)O)(CC(=O)O1)O2. The minimum atomic E-state index is -3.20. The Labute approximate surface area is 205 Å². The van der Waals surface area contributed by atoms with Crippen molar-refractivity contribution in [1.82, 2.24) is 5.32 Å². The Hall–Kier alpha value is -2.63. The second-order valence-corrected chi connectivity index (χ2v) is 9.73. The molecule has 2 heterocycles. The van der Waals surface area contributed by atoms with E-state index in [4.69, 9.17) is 37.2 Å². The molecule has 1 amide bonds. The molecule has 0 aromatic heterocycles. The molecule has 2 bridgehead atoms. The van der Waals surface area contributed by atoms with Crippen LogP contribution in [0.1, 0.15) is 49.9 Å². The lowest BCUT2D eigenvalue weighted by molar-refractivity contribution is -0.194. The van der Waals surface area contributed by atoms with E-state index in [9.17, 15) is 29.1 Å². The Morgan fingerprint density at radius 3 is 2.32 bits per heavy atom. The van der Waals surface area contributed by atoms with Gasteiger partial charge < -0.3 is 24.4 Å². The predicted octanol–water partition coefficient (Wildman–Crippen LogP) is 2.77. The van der Waals surface area contributed by atoms with Crippen LogP contribution in [0.15, 0.2) is 18.2 Å². The number of hydrogen-bond donors (Lipinski definition) is 2. The summed E-state index contributed by atoms with van der Waals surface area (Å²) in [4.78, 5) is 61.7. The van der Waals surface area contributed by atoms with Gasteiger partial charge >= 0.3 is 12.7 Å². The van der Waals surface area contributed by atoms with E-state index in [0.29, 0.717) is 0 Å². The van der Waals surface area contributed by atoms with Crippen molar-refractivity contribution < 1.29 is 43.0 Å². The number of carboxylic acids is 1. The zero-order chi connectivity index (χ0) is 25.3. The van der Waals surface area contributed by atoms with Crippen molar-refractivity contribution in [3.05, 3.63) is 33.8 Å². The molecule has 0 saturated carbocycles. The second-order valence-electron chi connectivity index (χ2n) is 8.89. The van der Waals surface area contributed by atoms with E-state index in [2.05, 4.69) is 5.32 Å². The predicted molar refractivity (Wildman–Crippen MR) is 120 cm³/mol. The summed E-state index contributed by atoms with van der Waals surface area (Å²) in [5.41, 5.74) is -2.03. The number of rotatable bonds is 9. The molecule has 2 N–H and O–H groups in total. The van der Waals surface area contributed by atoms with Crippen LogP contribution in [0.5, 0.6) is 0 Å². The van der Waals surface area contributed by atoms with E-state index < -0.39 is 67.2 Å². The van der Waals surface area contributed by atoms with Gasteiger partial charge in [-0.2, -0.15) is 0 Å². The summed E-state index contributed by atoms with van der Waals surface area (Å²) in [7, 11) is 0. The Kier molecular flexibility index (Phi) is 7.59. The minimum absolute atomic E-state index is 0.0574. The number of ketones is 1. The van der Waals surface area contributed by atoms with Gasteiger partial charge in [0.1, 0.15) is 11.4 Å². The van der Waals surface area contributed by atoms with E-state index in [1.54, 1.807) is 0 Å². The van der Waals surface area contributed by atoms with Crippen LogP contribution in [0.4, 0.5) is 0 Å². The molecule has 13 heteroatoms. The number of Topliss-reactive ketones (excluding diaryl/α,β-unsaturated/α-hetero) is 1. The first kappa shape index (κ1) is 26.0. The van der Waals surface area contributed by atoms with Crippen LogP contribution in [0, 0.1) is 5.92 Å². The lowest BCUT2D eigenvalue weighted by Crippen LogP contribution is -2.69. The largest absolute Gasteiger partial charge is 0.633 e. The molecule has 1 aromatic rings. The molecule has 2 fully saturated rings. The van der Waals surface area contributed by atoms with Crippen molar-refractivity contribution in [3.63, 3.8) is 0 Å². The molecule has 10 nitrogen and oxygen atoms in total. The van der Waals surface area contributed by atoms with Crippen LogP contribution >= 0.6 is 23.2 Å². The third kappa shape index (κ3) is 5.53. The van der Waals surface area contributed by atoms with E-state index in [1.807, 2.05) is 13.8 Å². The molecule has 1 aromatic carbocycles. The lowest BCUT2D eigenvalue weighted by atomic mass is 9.55. The van der Waals surface area contributed by atoms with E-state index in [-0.39, 0.29) is 34.4 Å². The Balaban J connectivity index is 1.79. The lowest BCUT2D eigenvalue weighted by Gasteiger charge is -2.57. The molecule has 3 rings (SSSR count). The summed E-state index contributed by atoms with van der Waals surface area (Å²) in [5.74, 6) is -5.41. The van der Waals surface area contributed by atoms with Gasteiger partial charge in [-0.3, -0.25) is 19.2 Å². The van der Waals surface area contributed by atoms with Crippen molar-refractivity contribution in [2.45, 2.75) is 50.9 Å². The highest BCUT2D eigenvalue weighted by Gasteiger charge is 2.61. The summed E-state index contributed by atoms with van der Waals surface area (Å²) < 4.78 is 16.3. The molecule has 0 radical (unpaired) electrons. The summed E-state index contributed by atoms with van der Waals surface area (Å²) in [6, 6.07) is 4.31. The summed E-state index contributed by atoms with van der Waals surface area (Å²) >= 11 is 11.9. The smallest absolute Gasteiger partial charge is 0.499 e. The van der Waals surface area contributed by atoms with Crippen molar-refractivity contribution in [2.75, 3.05) is 6.54 Å². The van der Waals surface area contributed by atoms with Gasteiger partial charge in [0, 0.05) is 5.02 Å². The van der Waals surface area contributed by atoms with Gasteiger partial charge in [-0.25, -0.2) is 4.79 Å². The topological polar surface area (TPSA) is 145 Å². The van der Waals surface area contributed by atoms with Gasteiger partial charge in [-0.15, -0.1) is 0 Å². The van der Waals surface area contributed by atoms with Crippen molar-refractivity contribution >= 4 is 59.6 Å². The maximum absolute atomic E-state index is 12.8. The molecule has 0 spiro atoms. The molecule has 1 unspecified atom stereocenters. The zero-order valence-electron chi connectivity index (χ0n) is 18.5. The minimum Gasteiger partial charge on any atom is -0.633 e. The van der Waals surface area contributed by atoms with E-state index >= 15 is 0 Å². The average molecular weight is 515 g/mol. The molecular formula is C21H23BCl2NO9-. The molecule has 184 valence electrons. The third-order valence-electron chi connectivity index (χ3n) is 5.69. The van der Waals surface area contributed by atoms with Gasteiger partial charge in [-0.05, 0) is 30.5 Å². The standard InChI is InChI=1S/C21H23BCl2NO9/c1-11(2)5-12(6-14(26)10-25-19(29)15-7-13(23)3-4-16(15)24)22-32-17(27)8-21(34-22,20(30)31)9-18(28)33-22/h3-4,7,11-12H,5-6,8-10H2,1-2H3,(H,25,29)(H,30,31)/q-1. The zero-order valence-corrected chi connectivity index (χ0v) is 20.0. The number of aliphatic carboxylic acids is 1. The first-order chi connectivity index (χ1) is 15.9. The fraction of sp³-hybridized carbons (Fsp3) is 0.476. The number of nitrogens with one attached hydrogen (secondary N) is 1. The quantitative estimate of drug-likeness (QED) is 0.475. The second kappa shape index (κ2) is 9.93. The number of halogens is 2. The summed E-state index contributed by atoms with van der Waals surface area (Å²) in [6.45, 7) is 0.0404. The molecule has 1 atom stereocenters. The Morgan fingerprint density at radius 1 is 1.15 bits per heavy atom. The number of amides is 1. The first-order valence-electron chi connectivity index (χ1n) is 10.6. The first-order valence-corrected chi connectivity index (χ1v) is 11.4. The highest BCUT2D eigenvalue weighted by atomic mass is 35.5. The van der Waals surface area contributed by atoms with E-state index in [0.717, 1.165) is 0 Å². The summed E-state index contributed by atoms with van der Waals surface area (Å²) in [5, 5.41) is 12.6. The van der Waals surface area contributed by atoms with Crippen LogP contribution in [0.3, 0.4) is 0 Å². The number of carbonyl (C=O) groups is 5. The number of benzene rings is 1. The molecule has 2 saturated heterocycles. The Bertz CT molecular complexity index is 1030. The van der Waals surface area contributed by atoms with Crippen LogP contribution in [0.2, 0.25) is 15.9 Å². The van der Waals surface area contributed by atoms with E-state index in [1.165, 1.54) is 18.2 Å². The fourth-order valence-electron chi connectivity index (χ4n) is 4.25. The molecule has 2 aliphatic heterocycles. The van der Waals surface area contributed by atoms with Crippen molar-refractivity contribution in [3.8, 4) is 0 Å². The van der Waals surface area contributed by atoms with Crippen molar-refractivity contribution in [1.29, 1.82) is 0 Å². The maximum atomic E-state index is 12.8. The van der Waals surface area contributed by atoms with Gasteiger partial charge in [0.25, 0.3) is 17.8 Å². The van der Waals surface area contributed by atoms with Gasteiger partial charge in [0.2, 0.25) is 0 Å². The molecular weight excluding hydrogens is 492 g/mol. The normalized spacial score (nSPS) is 24.7. The average Bonchev–Trinajstić information content (AvgIpc) is 2.71. The monoisotopic (exact) mass is 514 g/mol. The van der Waals surface area contributed by atoms with Crippen molar-refractivity contribution in [2.24, 2.45) is 5.92 Å². The molecule has 2 aliphatic rings. The number of fused-ring (bicyclic) bond motifs is 2. The molecule has 34 heavy (non-hydrogen) atoms. The fourth-order valence-corrected chi connectivity index (χ4v) is 4.62. The Morgan fingerprint density at radius 2 is 1.76 bits per heavy atom. The van der Waals surface area contributed by atoms with Crippen LogP contribution in [0.25, 0.3) is 0 Å². The van der Waals surface area contributed by atoms with Crippen LogP contribution in [-0.4, -0.2) is 53.6 Å². The molecule has 0 aliphatic carbocycles. The highest BCUT2D eigenvalue weighted by molar-refractivity contribution is 6.67. The number of carboxylic acid groups (broad SMARTS) is 1. The maximum Gasteiger partial charge on any atom is 0.499 e. The number of hydrogen-bond acceptors (Lipinski definition) is 8. The number of carbonyl (C=O) groups excluding carboxylic acids is 4. The van der Waals surface area contributed by atoms with Gasteiger partial charge in [0.05, 0.1) is 30.0 Å². The van der Waals surface area contributed by atoms with Crippen LogP contribution in [-0.2, 0) is 33.1 Å². The van der Waals surface area contributed by atoms with Gasteiger partial charge in [0.15, 0.2) is 0 Å². The van der Waals surface area contributed by atoms with Gasteiger partial charge in [-0.1, -0.05) is 49.3 Å². The highest BCUT2D eigenvalue weighted by Crippen LogP contribution is 2.46. The van der Waals surface area contributed by atoms with Crippen LogP contribution < -0.4 is 5.32 Å². The summed E-state index contributed by atoms with van der Waals surface area (Å²) in [6.07, 6.45) is -1.40. The third-order valence-corrected chi connectivity index (χ3v) is 6.26.